The lowest BCUT2D eigenvalue weighted by atomic mass is 10.1. The summed E-state index contributed by atoms with van der Waals surface area (Å²) in [5.41, 5.74) is 2.26. The minimum absolute atomic E-state index is 0.0243. The summed E-state index contributed by atoms with van der Waals surface area (Å²) < 4.78 is 1.77. The summed E-state index contributed by atoms with van der Waals surface area (Å²) in [5.74, 6) is 0.0243. The molecule has 5 nitrogen and oxygen atoms in total. The van der Waals surface area contributed by atoms with Crippen LogP contribution < -0.4 is 5.32 Å². The number of hydrogen-bond acceptors (Lipinski definition) is 5. The molecule has 3 heterocycles. The zero-order valence-electron chi connectivity index (χ0n) is 13.7. The zero-order chi connectivity index (χ0) is 16.9. The van der Waals surface area contributed by atoms with Crippen LogP contribution in [-0.2, 0) is 17.8 Å². The Kier molecular flexibility index (Phi) is 5.42. The third-order valence-electron chi connectivity index (χ3n) is 3.83. The molecule has 0 radical (unpaired) electrons. The third kappa shape index (κ3) is 4.30. The van der Waals surface area contributed by atoms with Crippen LogP contribution >= 0.6 is 22.7 Å². The van der Waals surface area contributed by atoms with Crippen molar-refractivity contribution in [2.24, 2.45) is 0 Å². The number of aryl methyl sites for hydroxylation is 3. The summed E-state index contributed by atoms with van der Waals surface area (Å²) in [6, 6.07) is 3.88. The van der Waals surface area contributed by atoms with E-state index < -0.39 is 0 Å². The summed E-state index contributed by atoms with van der Waals surface area (Å²) in [5, 5.41) is 12.4. The van der Waals surface area contributed by atoms with Gasteiger partial charge in [0.25, 0.3) is 0 Å². The van der Waals surface area contributed by atoms with E-state index in [4.69, 9.17) is 0 Å². The summed E-state index contributed by atoms with van der Waals surface area (Å²) in [7, 11) is 0. The lowest BCUT2D eigenvalue weighted by molar-refractivity contribution is -0.122. The molecular formula is C17H20N4OS2. The molecular weight excluding hydrogens is 340 g/mol. The van der Waals surface area contributed by atoms with Crippen LogP contribution in [0.25, 0.3) is 0 Å². The van der Waals surface area contributed by atoms with Crippen molar-refractivity contribution in [3.8, 4) is 0 Å². The van der Waals surface area contributed by atoms with E-state index in [1.54, 1.807) is 33.6 Å². The monoisotopic (exact) mass is 360 g/mol. The third-order valence-corrected chi connectivity index (χ3v) is 5.74. The largest absolute Gasteiger partial charge is 0.346 e. The number of amides is 1. The number of nitrogens with zero attached hydrogens (tertiary/aromatic N) is 3. The molecule has 3 aromatic rings. The van der Waals surface area contributed by atoms with Gasteiger partial charge in [0, 0.05) is 36.7 Å². The molecule has 0 fully saturated rings. The Morgan fingerprint density at radius 1 is 1.42 bits per heavy atom. The van der Waals surface area contributed by atoms with Gasteiger partial charge >= 0.3 is 0 Å². The molecule has 0 unspecified atom stereocenters. The molecule has 7 heteroatoms. The molecule has 0 aromatic carbocycles. The molecule has 0 aliphatic rings. The topological polar surface area (TPSA) is 59.8 Å². The highest BCUT2D eigenvalue weighted by molar-refractivity contribution is 7.11. The van der Waals surface area contributed by atoms with Crippen molar-refractivity contribution >= 4 is 28.6 Å². The Morgan fingerprint density at radius 2 is 2.29 bits per heavy atom. The Morgan fingerprint density at radius 3 is 2.92 bits per heavy atom. The van der Waals surface area contributed by atoms with E-state index in [2.05, 4.69) is 39.1 Å². The van der Waals surface area contributed by atoms with Crippen molar-refractivity contribution in [3.05, 3.63) is 56.4 Å². The number of thiazole rings is 1. The van der Waals surface area contributed by atoms with Crippen molar-refractivity contribution in [2.75, 3.05) is 0 Å². The van der Waals surface area contributed by atoms with Crippen LogP contribution in [0.5, 0.6) is 0 Å². The van der Waals surface area contributed by atoms with Gasteiger partial charge in [-0.15, -0.1) is 11.3 Å². The summed E-state index contributed by atoms with van der Waals surface area (Å²) in [6.45, 7) is 4.66. The van der Waals surface area contributed by atoms with Crippen LogP contribution in [0.1, 0.15) is 33.6 Å². The van der Waals surface area contributed by atoms with Crippen LogP contribution in [0.15, 0.2) is 35.3 Å². The van der Waals surface area contributed by atoms with Crippen LogP contribution in [-0.4, -0.2) is 20.7 Å². The van der Waals surface area contributed by atoms with E-state index in [-0.39, 0.29) is 11.9 Å². The minimum atomic E-state index is -0.0814. The quantitative estimate of drug-likeness (QED) is 0.701. The van der Waals surface area contributed by atoms with Gasteiger partial charge in [-0.05, 0) is 42.3 Å². The van der Waals surface area contributed by atoms with E-state index in [0.29, 0.717) is 13.0 Å². The van der Waals surface area contributed by atoms with Gasteiger partial charge in [0.2, 0.25) is 5.91 Å². The Bertz CT molecular complexity index is 758. The second kappa shape index (κ2) is 7.72. The molecule has 1 amide bonds. The maximum Gasteiger partial charge on any atom is 0.222 e. The summed E-state index contributed by atoms with van der Waals surface area (Å²) >= 11 is 3.33. The molecule has 3 aromatic heterocycles. The van der Waals surface area contributed by atoms with Gasteiger partial charge < -0.3 is 5.32 Å². The lowest BCUT2D eigenvalue weighted by Gasteiger charge is -2.16. The van der Waals surface area contributed by atoms with Gasteiger partial charge in [-0.1, -0.05) is 0 Å². The lowest BCUT2D eigenvalue weighted by Crippen LogP contribution is -2.30. The molecule has 1 atom stereocenters. The normalized spacial score (nSPS) is 12.2. The van der Waals surface area contributed by atoms with Crippen molar-refractivity contribution in [2.45, 2.75) is 39.3 Å². The molecule has 0 aliphatic carbocycles. The molecule has 126 valence electrons. The zero-order valence-corrected chi connectivity index (χ0v) is 15.4. The molecule has 3 rings (SSSR count). The fraction of sp³-hybridized carbons (Fsp3) is 0.353. The number of thiophene rings is 1. The molecule has 0 aliphatic heterocycles. The number of rotatable bonds is 7. The van der Waals surface area contributed by atoms with Crippen LogP contribution in [0.2, 0.25) is 0 Å². The van der Waals surface area contributed by atoms with Crippen LogP contribution in [0, 0.1) is 13.8 Å². The molecule has 0 saturated carbocycles. The highest BCUT2D eigenvalue weighted by Crippen LogP contribution is 2.26. The highest BCUT2D eigenvalue weighted by Gasteiger charge is 2.20. The highest BCUT2D eigenvalue weighted by atomic mass is 32.1. The molecule has 0 bridgehead atoms. The number of aromatic nitrogens is 3. The summed E-state index contributed by atoms with van der Waals surface area (Å²) in [6.07, 6.45) is 4.76. The number of carbonyl (C=O) groups excluding carboxylic acids is 1. The number of hydrogen-bond donors (Lipinski definition) is 1. The van der Waals surface area contributed by atoms with Crippen molar-refractivity contribution in [1.29, 1.82) is 0 Å². The van der Waals surface area contributed by atoms with E-state index >= 15 is 0 Å². The Labute approximate surface area is 149 Å². The average Bonchev–Trinajstić information content (AvgIpc) is 3.29. The molecule has 0 saturated heterocycles. The fourth-order valence-electron chi connectivity index (χ4n) is 2.41. The SMILES string of the molecule is Cc1nc([C@H](Cc2ccsc2)NC(=O)CCn2cccn2)sc1C. The predicted octanol–water partition coefficient (Wildman–Crippen LogP) is 3.51. The maximum atomic E-state index is 12.4. The second-order valence-electron chi connectivity index (χ2n) is 5.67. The number of carbonyl (C=O) groups is 1. The van der Waals surface area contributed by atoms with E-state index in [0.717, 1.165) is 17.1 Å². The van der Waals surface area contributed by atoms with Gasteiger partial charge in [0.05, 0.1) is 11.7 Å². The van der Waals surface area contributed by atoms with Gasteiger partial charge in [-0.2, -0.15) is 16.4 Å². The first-order chi connectivity index (χ1) is 11.6. The predicted molar refractivity (Wildman–Crippen MR) is 97.3 cm³/mol. The maximum absolute atomic E-state index is 12.4. The van der Waals surface area contributed by atoms with Gasteiger partial charge in [-0.3, -0.25) is 9.48 Å². The molecule has 1 N–H and O–H groups in total. The van der Waals surface area contributed by atoms with Gasteiger partial charge in [-0.25, -0.2) is 4.98 Å². The molecule has 0 spiro atoms. The summed E-state index contributed by atoms with van der Waals surface area (Å²) in [4.78, 5) is 18.2. The minimum Gasteiger partial charge on any atom is -0.346 e. The fourth-order valence-corrected chi connectivity index (χ4v) is 4.06. The van der Waals surface area contributed by atoms with Crippen molar-refractivity contribution < 1.29 is 4.79 Å². The molecule has 24 heavy (non-hydrogen) atoms. The smallest absolute Gasteiger partial charge is 0.222 e. The second-order valence-corrected chi connectivity index (χ2v) is 7.68. The van der Waals surface area contributed by atoms with Crippen molar-refractivity contribution in [3.63, 3.8) is 0 Å². The average molecular weight is 361 g/mol. The first-order valence-corrected chi connectivity index (χ1v) is 9.59. The van der Waals surface area contributed by atoms with Gasteiger partial charge in [0.15, 0.2) is 0 Å². The standard InChI is InChI=1S/C17H20N4OS2/c1-12-13(2)24-17(19-12)15(10-14-5-9-23-11-14)20-16(22)4-8-21-7-3-6-18-21/h3,5-7,9,11,15H,4,8,10H2,1-2H3,(H,20,22)/t15-/m0/s1. The first kappa shape index (κ1) is 16.9. The number of nitrogens with one attached hydrogen (secondary N) is 1. The van der Waals surface area contributed by atoms with E-state index in [9.17, 15) is 4.79 Å². The van der Waals surface area contributed by atoms with Crippen LogP contribution in [0.3, 0.4) is 0 Å². The Balaban J connectivity index is 1.68. The van der Waals surface area contributed by atoms with Crippen molar-refractivity contribution in [1.82, 2.24) is 20.1 Å². The van der Waals surface area contributed by atoms with E-state index in [1.165, 1.54) is 10.4 Å². The van der Waals surface area contributed by atoms with E-state index in [1.807, 2.05) is 19.2 Å². The van der Waals surface area contributed by atoms with Gasteiger partial charge in [0.1, 0.15) is 5.01 Å². The first-order valence-electron chi connectivity index (χ1n) is 7.83. The van der Waals surface area contributed by atoms with Crippen LogP contribution in [0.4, 0.5) is 0 Å². The Hall–Kier alpha value is -1.99.